The van der Waals surface area contributed by atoms with Gasteiger partial charge in [-0.05, 0) is 30.9 Å². The molecule has 0 aromatic carbocycles. The van der Waals surface area contributed by atoms with Gasteiger partial charge in [0, 0.05) is 43.9 Å². The highest BCUT2D eigenvalue weighted by atomic mass is 16.5. The van der Waals surface area contributed by atoms with E-state index < -0.39 is 0 Å². The summed E-state index contributed by atoms with van der Waals surface area (Å²) >= 11 is 0. The molecule has 24 heavy (non-hydrogen) atoms. The molecule has 0 radical (unpaired) electrons. The average Bonchev–Trinajstić information content (AvgIpc) is 2.91. The highest BCUT2D eigenvalue weighted by Crippen LogP contribution is 2.48. The second-order valence-electron chi connectivity index (χ2n) is 7.14. The van der Waals surface area contributed by atoms with Gasteiger partial charge in [0.25, 0.3) is 0 Å². The summed E-state index contributed by atoms with van der Waals surface area (Å²) in [6.45, 7) is 2.89. The SMILES string of the molecule is COCC1(C2CCC2)CN(C(=O)NCc2cnn3ccccc23)C1. The fourth-order valence-electron chi connectivity index (χ4n) is 4.04. The summed E-state index contributed by atoms with van der Waals surface area (Å²) in [5.74, 6) is 0.723. The predicted molar refractivity (Wildman–Crippen MR) is 90.7 cm³/mol. The number of methoxy groups -OCH3 is 1. The second kappa shape index (κ2) is 6.09. The Kier molecular flexibility index (Phi) is 3.92. The second-order valence-corrected chi connectivity index (χ2v) is 7.14. The number of nitrogens with zero attached hydrogens (tertiary/aromatic N) is 3. The van der Waals surface area contributed by atoms with Crippen LogP contribution in [0.15, 0.2) is 30.6 Å². The summed E-state index contributed by atoms with van der Waals surface area (Å²) in [6.07, 6.45) is 7.60. The van der Waals surface area contributed by atoms with Gasteiger partial charge in [0.2, 0.25) is 0 Å². The lowest BCUT2D eigenvalue weighted by Crippen LogP contribution is -2.66. The van der Waals surface area contributed by atoms with Gasteiger partial charge in [-0.3, -0.25) is 0 Å². The monoisotopic (exact) mass is 328 g/mol. The van der Waals surface area contributed by atoms with Crippen molar-refractivity contribution in [3.8, 4) is 0 Å². The molecule has 1 saturated heterocycles. The van der Waals surface area contributed by atoms with Gasteiger partial charge in [-0.2, -0.15) is 5.10 Å². The molecule has 3 heterocycles. The van der Waals surface area contributed by atoms with E-state index in [0.717, 1.165) is 36.7 Å². The van der Waals surface area contributed by atoms with E-state index in [0.29, 0.717) is 6.54 Å². The third-order valence-corrected chi connectivity index (χ3v) is 5.64. The first kappa shape index (κ1) is 15.4. The lowest BCUT2D eigenvalue weighted by Gasteiger charge is -2.56. The molecule has 2 fully saturated rings. The summed E-state index contributed by atoms with van der Waals surface area (Å²) in [5.41, 5.74) is 2.26. The number of fused-ring (bicyclic) bond motifs is 1. The minimum absolute atomic E-state index is 0.0105. The first-order valence-corrected chi connectivity index (χ1v) is 8.65. The van der Waals surface area contributed by atoms with E-state index in [9.17, 15) is 4.79 Å². The van der Waals surface area contributed by atoms with Crippen molar-refractivity contribution >= 4 is 11.5 Å². The molecule has 4 rings (SSSR count). The lowest BCUT2D eigenvalue weighted by molar-refractivity contribution is -0.0939. The van der Waals surface area contributed by atoms with Crippen LogP contribution < -0.4 is 5.32 Å². The van der Waals surface area contributed by atoms with Crippen molar-refractivity contribution in [2.45, 2.75) is 25.8 Å². The molecule has 2 aromatic rings. The van der Waals surface area contributed by atoms with Gasteiger partial charge in [0.15, 0.2) is 0 Å². The minimum Gasteiger partial charge on any atom is -0.384 e. The van der Waals surface area contributed by atoms with Gasteiger partial charge in [-0.1, -0.05) is 12.5 Å². The third kappa shape index (κ3) is 2.55. The van der Waals surface area contributed by atoms with Crippen LogP contribution in [0.4, 0.5) is 4.79 Å². The Morgan fingerprint density at radius 2 is 2.25 bits per heavy atom. The highest BCUT2D eigenvalue weighted by molar-refractivity contribution is 5.75. The Morgan fingerprint density at radius 3 is 2.96 bits per heavy atom. The first-order chi connectivity index (χ1) is 11.7. The van der Waals surface area contributed by atoms with Crippen molar-refractivity contribution in [1.29, 1.82) is 0 Å². The number of ether oxygens (including phenoxy) is 1. The zero-order chi connectivity index (χ0) is 16.6. The van der Waals surface area contributed by atoms with Crippen molar-refractivity contribution in [2.75, 3.05) is 26.8 Å². The summed E-state index contributed by atoms with van der Waals surface area (Å²) in [7, 11) is 1.76. The predicted octanol–water partition coefficient (Wildman–Crippen LogP) is 2.29. The van der Waals surface area contributed by atoms with Crippen LogP contribution in [0, 0.1) is 11.3 Å². The molecule has 1 aliphatic carbocycles. The largest absolute Gasteiger partial charge is 0.384 e. The van der Waals surface area contributed by atoms with Crippen LogP contribution in [0.5, 0.6) is 0 Å². The molecular weight excluding hydrogens is 304 g/mol. The Bertz CT molecular complexity index is 731. The van der Waals surface area contributed by atoms with E-state index in [4.69, 9.17) is 4.74 Å². The first-order valence-electron chi connectivity index (χ1n) is 8.65. The molecule has 6 nitrogen and oxygen atoms in total. The molecule has 2 aliphatic rings. The number of carbonyl (C=O) groups excluding carboxylic acids is 1. The van der Waals surface area contributed by atoms with E-state index >= 15 is 0 Å². The molecule has 0 bridgehead atoms. The number of likely N-dealkylation sites (tertiary alicyclic amines) is 1. The van der Waals surface area contributed by atoms with Gasteiger partial charge in [0.05, 0.1) is 18.3 Å². The average molecular weight is 328 g/mol. The van der Waals surface area contributed by atoms with Gasteiger partial charge in [-0.15, -0.1) is 0 Å². The zero-order valence-corrected chi connectivity index (χ0v) is 14.1. The molecule has 1 saturated carbocycles. The van der Waals surface area contributed by atoms with Crippen molar-refractivity contribution in [1.82, 2.24) is 19.8 Å². The lowest BCUT2D eigenvalue weighted by atomic mass is 9.61. The zero-order valence-electron chi connectivity index (χ0n) is 14.1. The number of nitrogens with one attached hydrogen (secondary N) is 1. The van der Waals surface area contributed by atoms with E-state index in [1.54, 1.807) is 7.11 Å². The smallest absolute Gasteiger partial charge is 0.317 e. The summed E-state index contributed by atoms with van der Waals surface area (Å²) in [5, 5.41) is 7.33. The molecule has 0 spiro atoms. The van der Waals surface area contributed by atoms with Crippen molar-refractivity contribution in [2.24, 2.45) is 11.3 Å². The maximum absolute atomic E-state index is 12.4. The summed E-state index contributed by atoms with van der Waals surface area (Å²) in [6, 6.07) is 5.95. The summed E-state index contributed by atoms with van der Waals surface area (Å²) < 4.78 is 7.26. The molecule has 6 heteroatoms. The fourth-order valence-corrected chi connectivity index (χ4v) is 4.04. The molecule has 0 atom stereocenters. The number of carbonyl (C=O) groups is 1. The van der Waals surface area contributed by atoms with Crippen LogP contribution in [0.3, 0.4) is 0 Å². The van der Waals surface area contributed by atoms with Gasteiger partial charge >= 0.3 is 6.03 Å². The Labute approximate surface area is 141 Å². The maximum Gasteiger partial charge on any atom is 0.317 e. The van der Waals surface area contributed by atoms with E-state index in [1.807, 2.05) is 40.0 Å². The number of rotatable bonds is 5. The van der Waals surface area contributed by atoms with Gasteiger partial charge in [-0.25, -0.2) is 9.31 Å². The number of pyridine rings is 1. The molecule has 2 aromatic heterocycles. The third-order valence-electron chi connectivity index (χ3n) is 5.64. The van der Waals surface area contributed by atoms with Crippen LogP contribution in [-0.2, 0) is 11.3 Å². The van der Waals surface area contributed by atoms with Crippen LogP contribution >= 0.6 is 0 Å². The fraction of sp³-hybridized carbons (Fsp3) is 0.556. The molecular formula is C18H24N4O2. The molecule has 128 valence electrons. The quantitative estimate of drug-likeness (QED) is 0.916. The van der Waals surface area contributed by atoms with E-state index in [2.05, 4.69) is 10.4 Å². The Morgan fingerprint density at radius 1 is 1.42 bits per heavy atom. The molecule has 1 aliphatic heterocycles. The van der Waals surface area contributed by atoms with Crippen LogP contribution in [0.1, 0.15) is 24.8 Å². The standard InChI is InChI=1S/C18H24N4O2/c1-24-13-18(15-5-4-6-15)11-21(12-18)17(23)19-9-14-10-20-22-8-3-2-7-16(14)22/h2-3,7-8,10,15H,4-6,9,11-13H2,1H3,(H,19,23). The van der Waals surface area contributed by atoms with Crippen molar-refractivity contribution in [3.63, 3.8) is 0 Å². The molecule has 1 N–H and O–H groups in total. The maximum atomic E-state index is 12.4. The number of amides is 2. The van der Waals surface area contributed by atoms with Crippen LogP contribution in [0.2, 0.25) is 0 Å². The Balaban J connectivity index is 1.34. The normalized spacial score (nSPS) is 19.8. The topological polar surface area (TPSA) is 58.9 Å². The number of aromatic nitrogens is 2. The van der Waals surface area contributed by atoms with E-state index in [1.165, 1.54) is 19.3 Å². The number of hydrogen-bond acceptors (Lipinski definition) is 3. The van der Waals surface area contributed by atoms with Gasteiger partial charge in [0.1, 0.15) is 0 Å². The number of urea groups is 1. The van der Waals surface area contributed by atoms with Gasteiger partial charge < -0.3 is 15.0 Å². The highest BCUT2D eigenvalue weighted by Gasteiger charge is 2.51. The molecule has 2 amide bonds. The van der Waals surface area contributed by atoms with Crippen molar-refractivity contribution < 1.29 is 9.53 Å². The Hall–Kier alpha value is -2.08. The van der Waals surface area contributed by atoms with Crippen LogP contribution in [-0.4, -0.2) is 47.4 Å². The molecule has 0 unspecified atom stereocenters. The van der Waals surface area contributed by atoms with Crippen LogP contribution in [0.25, 0.3) is 5.52 Å². The number of hydrogen-bond donors (Lipinski definition) is 1. The minimum atomic E-state index is 0.0105. The van der Waals surface area contributed by atoms with E-state index in [-0.39, 0.29) is 11.4 Å². The summed E-state index contributed by atoms with van der Waals surface area (Å²) in [4.78, 5) is 14.3. The van der Waals surface area contributed by atoms with Crippen molar-refractivity contribution in [3.05, 3.63) is 36.2 Å².